The molecule has 1 aliphatic rings. The molecule has 2 atom stereocenters. The molecule has 2 rings (SSSR count). The number of nitrogens with zero attached hydrogens (tertiary/aromatic N) is 2. The number of rotatable bonds is 3. The van der Waals surface area contributed by atoms with Crippen LogP contribution in [0.15, 0.2) is 12.1 Å². The zero-order valence-corrected chi connectivity index (χ0v) is 12.9. The van der Waals surface area contributed by atoms with E-state index in [9.17, 15) is 19.3 Å². The van der Waals surface area contributed by atoms with Crippen LogP contribution in [0.4, 0.5) is 21.5 Å². The summed E-state index contributed by atoms with van der Waals surface area (Å²) in [5.41, 5.74) is -0.109. The lowest BCUT2D eigenvalue weighted by atomic mass is 9.91. The first-order valence-corrected chi connectivity index (χ1v) is 7.28. The van der Waals surface area contributed by atoms with Gasteiger partial charge in [-0.05, 0) is 24.3 Å². The summed E-state index contributed by atoms with van der Waals surface area (Å²) in [4.78, 5) is 23.4. The van der Waals surface area contributed by atoms with E-state index in [1.165, 1.54) is 13.0 Å². The highest BCUT2D eigenvalue weighted by atomic mass is 19.1. The third-order valence-corrected chi connectivity index (χ3v) is 3.78. The first-order valence-electron chi connectivity index (χ1n) is 7.28. The van der Waals surface area contributed by atoms with Crippen LogP contribution in [0, 0.1) is 27.8 Å². The number of carbonyl (C=O) groups is 1. The quantitative estimate of drug-likeness (QED) is 0.687. The lowest BCUT2D eigenvalue weighted by molar-refractivity contribution is -0.384. The van der Waals surface area contributed by atoms with Crippen molar-refractivity contribution in [2.75, 3.05) is 23.3 Å². The van der Waals surface area contributed by atoms with Crippen molar-refractivity contribution in [3.8, 4) is 0 Å². The highest BCUT2D eigenvalue weighted by Crippen LogP contribution is 2.35. The molecule has 1 fully saturated rings. The second-order valence-electron chi connectivity index (χ2n) is 6.11. The Balaban J connectivity index is 2.43. The second-order valence-corrected chi connectivity index (χ2v) is 6.11. The van der Waals surface area contributed by atoms with Gasteiger partial charge >= 0.3 is 0 Å². The highest BCUT2D eigenvalue weighted by Gasteiger charge is 2.27. The monoisotopic (exact) mass is 309 g/mol. The molecule has 0 spiro atoms. The summed E-state index contributed by atoms with van der Waals surface area (Å²) >= 11 is 0. The van der Waals surface area contributed by atoms with E-state index in [2.05, 4.69) is 19.2 Å². The number of benzene rings is 1. The molecule has 0 radical (unpaired) electrons. The van der Waals surface area contributed by atoms with Crippen LogP contribution in [-0.2, 0) is 4.79 Å². The number of halogens is 1. The summed E-state index contributed by atoms with van der Waals surface area (Å²) in [7, 11) is 0. The van der Waals surface area contributed by atoms with Crippen molar-refractivity contribution in [1.82, 2.24) is 0 Å². The minimum absolute atomic E-state index is 0.0276. The van der Waals surface area contributed by atoms with E-state index in [1.54, 1.807) is 0 Å². The van der Waals surface area contributed by atoms with Gasteiger partial charge in [-0.2, -0.15) is 0 Å². The predicted octanol–water partition coefficient (Wildman–Crippen LogP) is 3.17. The molecule has 1 aliphatic heterocycles. The Morgan fingerprint density at radius 1 is 1.36 bits per heavy atom. The third kappa shape index (κ3) is 3.52. The van der Waals surface area contributed by atoms with Gasteiger partial charge in [0, 0.05) is 20.0 Å². The molecule has 1 N–H and O–H groups in total. The van der Waals surface area contributed by atoms with Gasteiger partial charge in [0.15, 0.2) is 5.82 Å². The van der Waals surface area contributed by atoms with Crippen LogP contribution in [0.3, 0.4) is 0 Å². The number of amides is 1. The maximum absolute atomic E-state index is 14.3. The summed E-state index contributed by atoms with van der Waals surface area (Å²) in [5, 5.41) is 13.4. The van der Waals surface area contributed by atoms with Crippen molar-refractivity contribution < 1.29 is 14.1 Å². The van der Waals surface area contributed by atoms with Gasteiger partial charge in [-0.15, -0.1) is 0 Å². The van der Waals surface area contributed by atoms with Crippen LogP contribution < -0.4 is 10.2 Å². The van der Waals surface area contributed by atoms with Crippen LogP contribution in [0.1, 0.15) is 27.2 Å². The maximum Gasteiger partial charge on any atom is 0.295 e. The molecule has 0 unspecified atom stereocenters. The Bertz CT molecular complexity index is 596. The Labute approximate surface area is 128 Å². The third-order valence-electron chi connectivity index (χ3n) is 3.78. The van der Waals surface area contributed by atoms with E-state index >= 15 is 0 Å². The first-order chi connectivity index (χ1) is 10.3. The van der Waals surface area contributed by atoms with Crippen molar-refractivity contribution in [3.05, 3.63) is 28.1 Å². The summed E-state index contributed by atoms with van der Waals surface area (Å²) in [6.07, 6.45) is 1.07. The predicted molar refractivity (Wildman–Crippen MR) is 82.5 cm³/mol. The minimum Gasteiger partial charge on any atom is -0.369 e. The van der Waals surface area contributed by atoms with Gasteiger partial charge in [0.1, 0.15) is 5.69 Å². The van der Waals surface area contributed by atoms with Crippen molar-refractivity contribution in [3.63, 3.8) is 0 Å². The van der Waals surface area contributed by atoms with Gasteiger partial charge < -0.3 is 10.2 Å². The molecule has 1 aromatic carbocycles. The van der Waals surface area contributed by atoms with Gasteiger partial charge in [-0.25, -0.2) is 4.39 Å². The lowest BCUT2D eigenvalue weighted by Crippen LogP contribution is -2.39. The summed E-state index contributed by atoms with van der Waals surface area (Å²) in [6.45, 7) is 6.84. The normalized spacial score (nSPS) is 21.5. The molecule has 1 saturated heterocycles. The molecule has 22 heavy (non-hydrogen) atoms. The average molecular weight is 309 g/mol. The topological polar surface area (TPSA) is 75.5 Å². The van der Waals surface area contributed by atoms with Crippen molar-refractivity contribution in [1.29, 1.82) is 0 Å². The Kier molecular flexibility index (Phi) is 4.63. The number of piperidine rings is 1. The van der Waals surface area contributed by atoms with Gasteiger partial charge in [-0.1, -0.05) is 13.8 Å². The first kappa shape index (κ1) is 16.2. The van der Waals surface area contributed by atoms with Crippen molar-refractivity contribution in [2.24, 2.45) is 11.8 Å². The number of hydrogen-bond acceptors (Lipinski definition) is 4. The molecule has 0 saturated carbocycles. The van der Waals surface area contributed by atoms with E-state index < -0.39 is 22.3 Å². The second kappa shape index (κ2) is 6.29. The standard InChI is InChI=1S/C15H20FN3O3/c1-9-4-10(2)8-18(7-9)14-6-13(17-11(3)20)15(19(21)22)5-12(14)16/h5-6,9-10H,4,7-8H2,1-3H3,(H,17,20)/t9-,10-/m0/s1. The Hall–Kier alpha value is -2.18. The van der Waals surface area contributed by atoms with Gasteiger partial charge in [0.2, 0.25) is 5.91 Å². The molecule has 6 nitrogen and oxygen atoms in total. The van der Waals surface area contributed by atoms with E-state index in [-0.39, 0.29) is 5.69 Å². The molecular weight excluding hydrogens is 289 g/mol. The zero-order chi connectivity index (χ0) is 16.4. The molecule has 1 amide bonds. The smallest absolute Gasteiger partial charge is 0.295 e. The molecule has 7 heteroatoms. The highest BCUT2D eigenvalue weighted by molar-refractivity contribution is 5.92. The fourth-order valence-corrected chi connectivity index (χ4v) is 3.09. The molecule has 0 aliphatic carbocycles. The van der Waals surface area contributed by atoms with E-state index in [0.29, 0.717) is 30.6 Å². The van der Waals surface area contributed by atoms with E-state index in [0.717, 1.165) is 12.5 Å². The number of nitrogens with one attached hydrogen (secondary N) is 1. The SMILES string of the molecule is CC(=O)Nc1cc(N2C[C@@H](C)C[C@H](C)C2)c(F)cc1[N+](=O)[O-]. The minimum atomic E-state index is -0.695. The number of anilines is 2. The Morgan fingerprint density at radius 2 is 1.95 bits per heavy atom. The average Bonchev–Trinajstić information content (AvgIpc) is 2.38. The van der Waals surface area contributed by atoms with Crippen molar-refractivity contribution >= 4 is 23.0 Å². The summed E-state index contributed by atoms with van der Waals surface area (Å²) in [6, 6.07) is 2.24. The van der Waals surface area contributed by atoms with Crippen LogP contribution in [0.2, 0.25) is 0 Å². The van der Waals surface area contributed by atoms with Gasteiger partial charge in [0.25, 0.3) is 5.69 Å². The number of nitro groups is 1. The molecule has 0 aromatic heterocycles. The molecule has 0 bridgehead atoms. The molecule has 120 valence electrons. The number of nitro benzene ring substituents is 1. The maximum atomic E-state index is 14.3. The lowest BCUT2D eigenvalue weighted by Gasteiger charge is -2.36. The van der Waals surface area contributed by atoms with Crippen LogP contribution in [0.25, 0.3) is 0 Å². The zero-order valence-electron chi connectivity index (χ0n) is 12.9. The van der Waals surface area contributed by atoms with Crippen molar-refractivity contribution in [2.45, 2.75) is 27.2 Å². The Morgan fingerprint density at radius 3 is 2.45 bits per heavy atom. The number of hydrogen-bond donors (Lipinski definition) is 1. The summed E-state index contributed by atoms with van der Waals surface area (Å²) in [5.74, 6) is -0.228. The molecule has 1 aromatic rings. The van der Waals surface area contributed by atoms with Gasteiger partial charge in [-0.3, -0.25) is 14.9 Å². The van der Waals surface area contributed by atoms with E-state index in [4.69, 9.17) is 0 Å². The van der Waals surface area contributed by atoms with Crippen LogP contribution in [0.5, 0.6) is 0 Å². The fourth-order valence-electron chi connectivity index (χ4n) is 3.09. The summed E-state index contributed by atoms with van der Waals surface area (Å²) < 4.78 is 14.3. The molecular formula is C15H20FN3O3. The van der Waals surface area contributed by atoms with Gasteiger partial charge in [0.05, 0.1) is 16.7 Å². The largest absolute Gasteiger partial charge is 0.369 e. The van der Waals surface area contributed by atoms with E-state index in [1.807, 2.05) is 4.90 Å². The number of carbonyl (C=O) groups excluding carboxylic acids is 1. The van der Waals surface area contributed by atoms with Crippen LogP contribution >= 0.6 is 0 Å². The van der Waals surface area contributed by atoms with Crippen LogP contribution in [-0.4, -0.2) is 23.9 Å². The molecule has 1 heterocycles. The fraction of sp³-hybridized carbons (Fsp3) is 0.533.